The number of aryl methyl sites for hydroxylation is 2. The van der Waals surface area contributed by atoms with Crippen LogP contribution in [0.25, 0.3) is 33.4 Å². The molecule has 0 heterocycles. The molecule has 0 aromatic heterocycles. The molecular weight excluding hydrogens is 396 g/mol. The first-order valence-electron chi connectivity index (χ1n) is 12.6. The van der Waals surface area contributed by atoms with Crippen molar-refractivity contribution in [3.63, 3.8) is 0 Å². The molecule has 1 aliphatic carbocycles. The molecule has 5 rings (SSSR count). The number of rotatable bonds is 8. The number of hydrogen-bond acceptors (Lipinski definition) is 0. The SMILES string of the molecule is CCCCc1cccc(-c2ccc3c(c2)[CH]c2cc(-c4cccc(CCCC)c4)ccc2-3)c1. The third-order valence-electron chi connectivity index (χ3n) is 6.86. The highest BCUT2D eigenvalue weighted by atomic mass is 14.2. The number of benzene rings is 4. The molecule has 0 aliphatic heterocycles. The van der Waals surface area contributed by atoms with Gasteiger partial charge in [-0.2, -0.15) is 0 Å². The predicted octanol–water partition coefficient (Wildman–Crippen LogP) is 9.29. The Bertz CT molecular complexity index is 1160. The summed E-state index contributed by atoms with van der Waals surface area (Å²) in [6.07, 6.45) is 9.66. The molecule has 0 amide bonds. The van der Waals surface area contributed by atoms with Crippen LogP contribution in [-0.2, 0) is 12.8 Å². The molecule has 0 atom stereocenters. The van der Waals surface area contributed by atoms with Gasteiger partial charge in [0.25, 0.3) is 0 Å². The van der Waals surface area contributed by atoms with E-state index >= 15 is 0 Å². The van der Waals surface area contributed by atoms with Gasteiger partial charge in [0.2, 0.25) is 0 Å². The molecule has 0 nitrogen and oxygen atoms in total. The molecule has 0 fully saturated rings. The number of hydrogen-bond donors (Lipinski definition) is 0. The summed E-state index contributed by atoms with van der Waals surface area (Å²) in [5.74, 6) is 0. The molecule has 4 aromatic carbocycles. The van der Waals surface area contributed by atoms with E-state index in [0.29, 0.717) is 0 Å². The highest BCUT2D eigenvalue weighted by molar-refractivity contribution is 5.86. The van der Waals surface area contributed by atoms with Crippen LogP contribution in [0.15, 0.2) is 84.9 Å². The van der Waals surface area contributed by atoms with E-state index in [1.807, 2.05) is 0 Å². The fourth-order valence-corrected chi connectivity index (χ4v) is 4.96. The quantitative estimate of drug-likeness (QED) is 0.230. The standard InChI is InChI=1S/C33H33/c1-3-5-9-24-11-7-13-26(19-24)28-15-17-32-30(21-28)23-31-22-29(16-18-33(31)32)27-14-8-12-25(20-27)10-6-4-2/h7-8,11-23H,3-6,9-10H2,1-2H3. The first kappa shape index (κ1) is 21.7. The maximum absolute atomic E-state index is 2.36. The molecule has 0 N–H and O–H groups in total. The average Bonchev–Trinajstić information content (AvgIpc) is 3.23. The Morgan fingerprint density at radius 2 is 0.939 bits per heavy atom. The molecule has 0 heteroatoms. The molecule has 1 aliphatic rings. The molecule has 4 aromatic rings. The fourth-order valence-electron chi connectivity index (χ4n) is 4.96. The van der Waals surface area contributed by atoms with Gasteiger partial charge in [-0.15, -0.1) is 0 Å². The summed E-state index contributed by atoms with van der Waals surface area (Å²) in [5, 5.41) is 0. The highest BCUT2D eigenvalue weighted by Crippen LogP contribution is 2.41. The van der Waals surface area contributed by atoms with E-state index in [-0.39, 0.29) is 0 Å². The van der Waals surface area contributed by atoms with E-state index in [0.717, 1.165) is 12.8 Å². The van der Waals surface area contributed by atoms with Crippen LogP contribution in [0.2, 0.25) is 0 Å². The van der Waals surface area contributed by atoms with Crippen LogP contribution in [0, 0.1) is 6.42 Å². The first-order chi connectivity index (χ1) is 16.2. The summed E-state index contributed by atoms with van der Waals surface area (Å²) in [5.41, 5.74) is 13.5. The van der Waals surface area contributed by atoms with Crippen molar-refractivity contribution in [3.8, 4) is 33.4 Å². The van der Waals surface area contributed by atoms with Gasteiger partial charge in [0, 0.05) is 6.42 Å². The summed E-state index contributed by atoms with van der Waals surface area (Å²) in [4.78, 5) is 0. The van der Waals surface area contributed by atoms with E-state index in [9.17, 15) is 0 Å². The summed E-state index contributed by atoms with van der Waals surface area (Å²) in [6, 6.07) is 32.0. The van der Waals surface area contributed by atoms with Crippen molar-refractivity contribution in [2.24, 2.45) is 0 Å². The average molecular weight is 430 g/mol. The predicted molar refractivity (Wildman–Crippen MR) is 142 cm³/mol. The minimum absolute atomic E-state index is 1.16. The summed E-state index contributed by atoms with van der Waals surface area (Å²) >= 11 is 0. The number of fused-ring (bicyclic) bond motifs is 3. The van der Waals surface area contributed by atoms with Gasteiger partial charge in [-0.3, -0.25) is 0 Å². The van der Waals surface area contributed by atoms with E-state index < -0.39 is 0 Å². The molecule has 1 radical (unpaired) electrons. The van der Waals surface area contributed by atoms with Crippen LogP contribution in [0.5, 0.6) is 0 Å². The third kappa shape index (κ3) is 4.67. The second-order valence-corrected chi connectivity index (χ2v) is 9.36. The van der Waals surface area contributed by atoms with Crippen molar-refractivity contribution in [1.82, 2.24) is 0 Å². The molecule has 0 saturated heterocycles. The Hall–Kier alpha value is -3.12. The largest absolute Gasteiger partial charge is 0.0654 e. The van der Waals surface area contributed by atoms with Crippen LogP contribution in [0.3, 0.4) is 0 Å². The van der Waals surface area contributed by atoms with E-state index in [1.165, 1.54) is 81.3 Å². The topological polar surface area (TPSA) is 0 Å². The van der Waals surface area contributed by atoms with Crippen molar-refractivity contribution in [3.05, 3.63) is 114 Å². The van der Waals surface area contributed by atoms with Gasteiger partial charge in [-0.05, 0) is 93.5 Å². The highest BCUT2D eigenvalue weighted by Gasteiger charge is 2.20. The van der Waals surface area contributed by atoms with Gasteiger partial charge >= 0.3 is 0 Å². The van der Waals surface area contributed by atoms with E-state index in [2.05, 4.69) is 105 Å². The normalized spacial score (nSPS) is 11.9. The van der Waals surface area contributed by atoms with Gasteiger partial charge < -0.3 is 0 Å². The second-order valence-electron chi connectivity index (χ2n) is 9.36. The minimum atomic E-state index is 1.16. The van der Waals surface area contributed by atoms with E-state index in [1.54, 1.807) is 0 Å². The lowest BCUT2D eigenvalue weighted by Gasteiger charge is -2.09. The van der Waals surface area contributed by atoms with Crippen molar-refractivity contribution in [1.29, 1.82) is 0 Å². The van der Waals surface area contributed by atoms with Gasteiger partial charge in [-0.1, -0.05) is 99.5 Å². The molecule has 0 spiro atoms. The Balaban J connectivity index is 1.41. The second kappa shape index (κ2) is 9.79. The van der Waals surface area contributed by atoms with Gasteiger partial charge in [-0.25, -0.2) is 0 Å². The zero-order valence-corrected chi connectivity index (χ0v) is 19.9. The molecular formula is C33H33. The monoisotopic (exact) mass is 429 g/mol. The molecule has 0 saturated carbocycles. The maximum Gasteiger partial charge on any atom is 0.0212 e. The lowest BCUT2D eigenvalue weighted by molar-refractivity contribution is 0.795. The zero-order chi connectivity index (χ0) is 22.6. The first-order valence-corrected chi connectivity index (χ1v) is 12.6. The van der Waals surface area contributed by atoms with Gasteiger partial charge in [0.05, 0.1) is 0 Å². The molecule has 0 unspecified atom stereocenters. The van der Waals surface area contributed by atoms with Crippen LogP contribution < -0.4 is 0 Å². The summed E-state index contributed by atoms with van der Waals surface area (Å²) in [7, 11) is 0. The molecule has 165 valence electrons. The van der Waals surface area contributed by atoms with Crippen LogP contribution in [-0.4, -0.2) is 0 Å². The van der Waals surface area contributed by atoms with Gasteiger partial charge in [0.15, 0.2) is 0 Å². The van der Waals surface area contributed by atoms with Crippen molar-refractivity contribution in [2.45, 2.75) is 52.4 Å². The minimum Gasteiger partial charge on any atom is -0.0654 e. The fraction of sp³-hybridized carbons (Fsp3) is 0.242. The van der Waals surface area contributed by atoms with Crippen LogP contribution in [0.4, 0.5) is 0 Å². The van der Waals surface area contributed by atoms with Crippen molar-refractivity contribution < 1.29 is 0 Å². The number of unbranched alkanes of at least 4 members (excludes halogenated alkanes) is 2. The van der Waals surface area contributed by atoms with Gasteiger partial charge in [0.1, 0.15) is 0 Å². The van der Waals surface area contributed by atoms with Crippen molar-refractivity contribution in [2.75, 3.05) is 0 Å². The van der Waals surface area contributed by atoms with Crippen LogP contribution >= 0.6 is 0 Å². The Morgan fingerprint density at radius 1 is 0.485 bits per heavy atom. The van der Waals surface area contributed by atoms with E-state index in [4.69, 9.17) is 0 Å². The zero-order valence-electron chi connectivity index (χ0n) is 19.9. The Kier molecular flexibility index (Phi) is 6.44. The molecule has 0 bridgehead atoms. The third-order valence-corrected chi connectivity index (χ3v) is 6.86. The van der Waals surface area contributed by atoms with Crippen LogP contribution in [0.1, 0.15) is 61.8 Å². The Labute approximate surface area is 199 Å². The Morgan fingerprint density at radius 3 is 1.39 bits per heavy atom. The lowest BCUT2D eigenvalue weighted by Crippen LogP contribution is -1.87. The van der Waals surface area contributed by atoms with Crippen molar-refractivity contribution >= 4 is 0 Å². The lowest BCUT2D eigenvalue weighted by atomic mass is 9.96. The molecule has 33 heavy (non-hydrogen) atoms. The summed E-state index contributed by atoms with van der Waals surface area (Å²) < 4.78 is 0. The maximum atomic E-state index is 2.36. The summed E-state index contributed by atoms with van der Waals surface area (Å²) in [6.45, 7) is 4.51. The smallest absolute Gasteiger partial charge is 0.0212 e.